The van der Waals surface area contributed by atoms with E-state index in [4.69, 9.17) is 11.6 Å². The third-order valence-electron chi connectivity index (χ3n) is 5.22. The van der Waals surface area contributed by atoms with Crippen LogP contribution in [0, 0.1) is 5.82 Å². The van der Waals surface area contributed by atoms with Crippen LogP contribution in [0.1, 0.15) is 24.2 Å². The Morgan fingerprint density at radius 2 is 2.06 bits per heavy atom. The predicted molar refractivity (Wildman–Crippen MR) is 124 cm³/mol. The standard InChI is InChI=1S/C23H22ClFN6O2/c1-3-18-20(12-30(2)29-18)28-23-26-8-6-19(27-23)14-7-9-31(22(33)11-14)21(13-32)15-4-5-16(24)17(25)10-15/h4-12,21,32H,3,13H2,1-2H3,(H,26,27,28). The number of hydrogen-bond acceptors (Lipinski definition) is 6. The highest BCUT2D eigenvalue weighted by Crippen LogP contribution is 2.24. The molecule has 4 rings (SSSR count). The molecular weight excluding hydrogens is 447 g/mol. The van der Waals surface area contributed by atoms with Gasteiger partial charge in [-0.2, -0.15) is 5.10 Å². The van der Waals surface area contributed by atoms with E-state index < -0.39 is 11.9 Å². The summed E-state index contributed by atoms with van der Waals surface area (Å²) in [6.07, 6.45) is 5.76. The number of aliphatic hydroxyl groups is 1. The molecule has 0 radical (unpaired) electrons. The van der Waals surface area contributed by atoms with E-state index in [1.807, 2.05) is 20.2 Å². The highest BCUT2D eigenvalue weighted by molar-refractivity contribution is 6.30. The number of aliphatic hydroxyl groups excluding tert-OH is 1. The van der Waals surface area contributed by atoms with Gasteiger partial charge < -0.3 is 15.0 Å². The van der Waals surface area contributed by atoms with E-state index in [2.05, 4.69) is 20.4 Å². The van der Waals surface area contributed by atoms with Crippen LogP contribution in [0.15, 0.2) is 59.8 Å². The molecule has 0 aliphatic heterocycles. The molecule has 1 aromatic carbocycles. The molecule has 2 N–H and O–H groups in total. The van der Waals surface area contributed by atoms with Crippen molar-refractivity contribution >= 4 is 23.2 Å². The fourth-order valence-electron chi connectivity index (χ4n) is 3.58. The van der Waals surface area contributed by atoms with Crippen molar-refractivity contribution in [3.05, 3.63) is 87.4 Å². The van der Waals surface area contributed by atoms with Gasteiger partial charge in [-0.05, 0) is 36.2 Å². The monoisotopic (exact) mass is 468 g/mol. The van der Waals surface area contributed by atoms with E-state index >= 15 is 0 Å². The SMILES string of the molecule is CCc1nn(C)cc1Nc1nccc(-c2ccn(C(CO)c3ccc(Cl)c(F)c3)c(=O)c2)n1. The second-order valence-corrected chi connectivity index (χ2v) is 7.85. The number of benzene rings is 1. The summed E-state index contributed by atoms with van der Waals surface area (Å²) in [5, 5.41) is 17.4. The third-order valence-corrected chi connectivity index (χ3v) is 5.53. The number of aryl methyl sites for hydroxylation is 2. The lowest BCUT2D eigenvalue weighted by Crippen LogP contribution is -2.27. The molecule has 0 aliphatic rings. The lowest BCUT2D eigenvalue weighted by atomic mass is 10.1. The summed E-state index contributed by atoms with van der Waals surface area (Å²) in [5.41, 5.74) is 2.91. The summed E-state index contributed by atoms with van der Waals surface area (Å²) < 4.78 is 17.0. The smallest absolute Gasteiger partial charge is 0.251 e. The van der Waals surface area contributed by atoms with Gasteiger partial charge in [-0.3, -0.25) is 9.48 Å². The Balaban J connectivity index is 1.63. The first kappa shape index (κ1) is 22.6. The average molecular weight is 469 g/mol. The van der Waals surface area contributed by atoms with Crippen molar-refractivity contribution in [2.75, 3.05) is 11.9 Å². The van der Waals surface area contributed by atoms with Gasteiger partial charge in [0.25, 0.3) is 5.56 Å². The first-order valence-electron chi connectivity index (χ1n) is 10.3. The minimum absolute atomic E-state index is 0.0244. The Morgan fingerprint density at radius 1 is 1.24 bits per heavy atom. The fourth-order valence-corrected chi connectivity index (χ4v) is 3.70. The first-order valence-corrected chi connectivity index (χ1v) is 10.7. The molecule has 170 valence electrons. The Labute approximate surface area is 194 Å². The molecule has 0 saturated heterocycles. The zero-order valence-corrected chi connectivity index (χ0v) is 18.8. The summed E-state index contributed by atoms with van der Waals surface area (Å²) in [5.74, 6) is -0.234. The van der Waals surface area contributed by atoms with Crippen molar-refractivity contribution in [3.8, 4) is 11.3 Å². The Hall–Kier alpha value is -3.56. The van der Waals surface area contributed by atoms with Gasteiger partial charge in [0, 0.05) is 37.3 Å². The van der Waals surface area contributed by atoms with Crippen molar-refractivity contribution < 1.29 is 9.50 Å². The van der Waals surface area contributed by atoms with E-state index in [1.54, 1.807) is 35.3 Å². The van der Waals surface area contributed by atoms with Crippen molar-refractivity contribution in [1.82, 2.24) is 24.3 Å². The number of halogens is 2. The lowest BCUT2D eigenvalue weighted by Gasteiger charge is -2.18. The van der Waals surface area contributed by atoms with E-state index in [1.165, 1.54) is 22.8 Å². The second kappa shape index (κ2) is 9.51. The van der Waals surface area contributed by atoms with Gasteiger partial charge in [-0.15, -0.1) is 0 Å². The molecular formula is C23H22ClFN6O2. The highest BCUT2D eigenvalue weighted by Gasteiger charge is 2.17. The molecule has 33 heavy (non-hydrogen) atoms. The van der Waals surface area contributed by atoms with E-state index in [9.17, 15) is 14.3 Å². The Kier molecular flexibility index (Phi) is 6.52. The summed E-state index contributed by atoms with van der Waals surface area (Å²) in [6.45, 7) is 1.63. The summed E-state index contributed by atoms with van der Waals surface area (Å²) in [4.78, 5) is 21.6. The van der Waals surface area contributed by atoms with Gasteiger partial charge in [-0.1, -0.05) is 24.6 Å². The summed E-state index contributed by atoms with van der Waals surface area (Å²) >= 11 is 5.75. The molecule has 10 heteroatoms. The minimum atomic E-state index is -0.751. The maximum Gasteiger partial charge on any atom is 0.251 e. The molecule has 0 amide bonds. The van der Waals surface area contributed by atoms with Crippen LogP contribution >= 0.6 is 11.6 Å². The molecule has 3 aromatic heterocycles. The third kappa shape index (κ3) is 4.79. The van der Waals surface area contributed by atoms with Gasteiger partial charge in [0.2, 0.25) is 5.95 Å². The van der Waals surface area contributed by atoms with Crippen LogP contribution in [0.3, 0.4) is 0 Å². The molecule has 0 spiro atoms. The second-order valence-electron chi connectivity index (χ2n) is 7.44. The number of nitrogens with zero attached hydrogens (tertiary/aromatic N) is 5. The first-order chi connectivity index (χ1) is 15.9. The molecule has 4 aromatic rings. The van der Waals surface area contributed by atoms with Crippen molar-refractivity contribution in [1.29, 1.82) is 0 Å². The number of aromatic nitrogens is 5. The van der Waals surface area contributed by atoms with Gasteiger partial charge in [0.15, 0.2) is 0 Å². The van der Waals surface area contributed by atoms with Crippen LogP contribution in [0.2, 0.25) is 5.02 Å². The molecule has 8 nitrogen and oxygen atoms in total. The van der Waals surface area contributed by atoms with E-state index in [-0.39, 0.29) is 17.2 Å². The van der Waals surface area contributed by atoms with Crippen LogP contribution in [-0.4, -0.2) is 36.0 Å². The minimum Gasteiger partial charge on any atom is -0.394 e. The number of nitrogens with one attached hydrogen (secondary N) is 1. The normalized spacial score (nSPS) is 12.0. The molecule has 3 heterocycles. The van der Waals surface area contributed by atoms with Crippen molar-refractivity contribution in [3.63, 3.8) is 0 Å². The zero-order chi connectivity index (χ0) is 23.5. The van der Waals surface area contributed by atoms with Gasteiger partial charge in [-0.25, -0.2) is 14.4 Å². The largest absolute Gasteiger partial charge is 0.394 e. The maximum absolute atomic E-state index is 13.9. The summed E-state index contributed by atoms with van der Waals surface area (Å²) in [6, 6.07) is 8.28. The van der Waals surface area contributed by atoms with Crippen LogP contribution in [0.25, 0.3) is 11.3 Å². The zero-order valence-electron chi connectivity index (χ0n) is 18.0. The Bertz CT molecular complexity index is 1350. The van der Waals surface area contributed by atoms with Gasteiger partial charge in [0.1, 0.15) is 5.82 Å². The highest BCUT2D eigenvalue weighted by atomic mass is 35.5. The quantitative estimate of drug-likeness (QED) is 0.429. The number of rotatable bonds is 7. The molecule has 0 fully saturated rings. The van der Waals surface area contributed by atoms with E-state index in [0.29, 0.717) is 22.8 Å². The predicted octanol–water partition coefficient (Wildman–Crippen LogP) is 3.72. The van der Waals surface area contributed by atoms with Crippen LogP contribution in [-0.2, 0) is 13.5 Å². The van der Waals surface area contributed by atoms with Crippen LogP contribution in [0.4, 0.5) is 16.0 Å². The summed E-state index contributed by atoms with van der Waals surface area (Å²) in [7, 11) is 1.84. The number of pyridine rings is 1. The Morgan fingerprint density at radius 3 is 2.76 bits per heavy atom. The van der Waals surface area contributed by atoms with Crippen molar-refractivity contribution in [2.45, 2.75) is 19.4 Å². The van der Waals surface area contributed by atoms with Crippen molar-refractivity contribution in [2.24, 2.45) is 7.05 Å². The molecule has 0 aliphatic carbocycles. The molecule has 0 saturated carbocycles. The number of anilines is 2. The van der Waals surface area contributed by atoms with Crippen LogP contribution in [0.5, 0.6) is 0 Å². The topological polar surface area (TPSA) is 97.9 Å². The van der Waals surface area contributed by atoms with Gasteiger partial charge in [0.05, 0.1) is 34.7 Å². The van der Waals surface area contributed by atoms with Crippen LogP contribution < -0.4 is 10.9 Å². The average Bonchev–Trinajstić information content (AvgIpc) is 3.16. The van der Waals surface area contributed by atoms with Gasteiger partial charge >= 0.3 is 0 Å². The lowest BCUT2D eigenvalue weighted by molar-refractivity contribution is 0.247. The fraction of sp³-hybridized carbons (Fsp3) is 0.217. The maximum atomic E-state index is 13.9. The van der Waals surface area contributed by atoms with E-state index in [0.717, 1.165) is 17.8 Å². The molecule has 1 atom stereocenters. The molecule has 1 unspecified atom stereocenters. The number of hydrogen-bond donors (Lipinski definition) is 2. The molecule has 0 bridgehead atoms.